The van der Waals surface area contributed by atoms with Gasteiger partial charge in [-0.1, -0.05) is 164 Å². The van der Waals surface area contributed by atoms with E-state index in [0.717, 1.165) is 49.7 Å². The number of nitrogens with zero attached hydrogens (tertiary/aromatic N) is 2. The molecule has 6 N–H and O–H groups in total. The van der Waals surface area contributed by atoms with E-state index in [1.54, 1.807) is 117 Å². The predicted molar refractivity (Wildman–Crippen MR) is 565 cm³/mol. The number of urea groups is 1. The lowest BCUT2D eigenvalue weighted by atomic mass is 10.1. The van der Waals surface area contributed by atoms with Crippen molar-refractivity contribution in [1.29, 1.82) is 0 Å². The first-order valence-corrected chi connectivity index (χ1v) is 53.6. The molecule has 0 unspecified atom stereocenters. The smallest absolute Gasteiger partial charge is 0.321 e. The van der Waals surface area contributed by atoms with Gasteiger partial charge in [0.2, 0.25) is 70.8 Å². The van der Waals surface area contributed by atoms with Crippen LogP contribution in [0.2, 0.25) is 0 Å². The van der Waals surface area contributed by atoms with Crippen LogP contribution >= 0.6 is 0 Å². The van der Waals surface area contributed by atoms with Crippen molar-refractivity contribution < 1.29 is 130 Å². The van der Waals surface area contributed by atoms with E-state index in [1.807, 2.05) is 133 Å². The number of hydrogen-bond donors (Lipinski definition) is 6. The second kappa shape index (κ2) is 48.0. The summed E-state index contributed by atoms with van der Waals surface area (Å²) in [5.41, 5.74) is 8.84. The molecule has 0 radical (unpaired) electrons. The molecule has 7 aliphatic rings. The summed E-state index contributed by atoms with van der Waals surface area (Å²) in [6.45, 7) is 4.33. The first-order chi connectivity index (χ1) is 71.6. The molecule has 0 bridgehead atoms. The van der Waals surface area contributed by atoms with Gasteiger partial charge in [0, 0.05) is 28.2 Å². The number of nitrogens with one attached hydrogen (secondary N) is 6. The van der Waals surface area contributed by atoms with Crippen molar-refractivity contribution in [3.8, 4) is 69.0 Å². The lowest BCUT2D eigenvalue weighted by molar-refractivity contribution is 0.173. The molecule has 13 aromatic carbocycles. The van der Waals surface area contributed by atoms with Gasteiger partial charge in [-0.05, 0) is 251 Å². The zero-order chi connectivity index (χ0) is 107. The summed E-state index contributed by atoms with van der Waals surface area (Å²) in [6, 6.07) is 66.8. The molecule has 1 aliphatic carbocycles. The minimum atomic E-state index is -3.84. The van der Waals surface area contributed by atoms with Crippen LogP contribution in [0.1, 0.15) is 93.5 Å². The number of halogens is 6. The lowest BCUT2D eigenvalue weighted by Gasteiger charge is -2.14. The van der Waals surface area contributed by atoms with Crippen LogP contribution in [0.4, 0.5) is 65.3 Å². The molecular weight excluding hydrogens is 2050 g/mol. The van der Waals surface area contributed by atoms with Crippen LogP contribution in [-0.4, -0.2) is 143 Å². The van der Waals surface area contributed by atoms with Crippen molar-refractivity contribution in [1.82, 2.24) is 9.21 Å². The number of ether oxygens (including phenoxy) is 12. The third kappa shape index (κ3) is 29.9. The van der Waals surface area contributed by atoms with Crippen LogP contribution in [0.15, 0.2) is 254 Å². The van der Waals surface area contributed by atoms with Crippen molar-refractivity contribution >= 4 is 163 Å². The Morgan fingerprint density at radius 2 is 0.527 bits per heavy atom. The Labute approximate surface area is 862 Å². The molecule has 2 amide bonds. The van der Waals surface area contributed by atoms with Gasteiger partial charge in [0.15, 0.2) is 69.0 Å². The average molecular weight is 2150 g/mol. The van der Waals surface area contributed by atoms with Crippen molar-refractivity contribution in [2.75, 3.05) is 104 Å². The van der Waals surface area contributed by atoms with Crippen LogP contribution in [-0.2, 0) is 50.3 Å². The molecule has 6 aliphatic heterocycles. The molecule has 13 aromatic rings. The Kier molecular flexibility index (Phi) is 34.4. The van der Waals surface area contributed by atoms with E-state index in [9.17, 15) is 73.2 Å². The maximum absolute atomic E-state index is 14.4. The van der Waals surface area contributed by atoms with Gasteiger partial charge < -0.3 is 67.1 Å². The Morgan fingerprint density at radius 1 is 0.293 bits per heavy atom. The molecule has 0 spiro atoms. The standard InChI is InChI=1S/C21H16FNO4S.C18H17FN2O3.C18H16FNO4S.C18H18FNO4S.C17H17FN2O4S.C16H14FNO4S/c22-18-12-15(6-7-16-9-11-20-21(13-16)27-14-26-20)8-10-19(18)23-28(24,25)17-4-2-1-3-5-17;1-21(2)18(22)20-15-7-5-12(9-14(15)19)3-4-13-6-8-16-17(10-13)24-11-23-16;19-15-9-12(3-7-16(15)20-25(21,22)14-5-6-14)1-2-13-4-8-17-18(10-13)24-11-23-17;1-12(2)25(21,22)20-16-7-5-13(9-15(16)19)3-4-14-6-8-17-18(10-14)24-11-23-17;1-20(2)25(21,22)19-15-7-5-12(9-14(15)18)3-4-13-6-8-16-17(10-13)24-11-23-16;1-23(19,20)18-14-6-4-11(8-13(14)17)2-3-12-5-7-15-16(9-12)22-10-21-15/h1-13,23H,14H2;3-10H,11H2,1-2H3,(H,20,22);1-4,7-10,14,20H,5-6,11H2;3-10,12,20H,11H2,1-2H3;3-10,19H,11H2,1-2H3;2-9,18H,10H2,1H3/b7-6+;4-3+;2-1+;2*4-3+;3-2+. The molecule has 1 fully saturated rings. The van der Waals surface area contributed by atoms with Crippen LogP contribution in [0, 0.1) is 34.9 Å². The SMILES string of the molecule is CC(C)S(=O)(=O)Nc1ccc(/C=C/c2ccc3c(c2)OCO3)cc1F.CN(C)C(=O)Nc1ccc(/C=C/c2ccc3c(c2)OCO3)cc1F.CN(C)S(=O)(=O)Nc1ccc(/C=C/c2ccc3c(c2)OCO3)cc1F.CS(=O)(=O)Nc1ccc(/C=C/c2ccc3c(c2)OCO3)cc1F.O=S(=O)(Nc1ccc(/C=C/c2ccc3c(c2)OCO3)cc1F)C1CC1.O=S(=O)(Nc1ccc(/C=C/c2ccc3c(c2)OCO3)cc1F)c1ccccc1. The van der Waals surface area contributed by atoms with Crippen molar-refractivity contribution in [3.05, 3.63) is 350 Å². The number of anilines is 6. The minimum absolute atomic E-state index is 0.0212. The van der Waals surface area contributed by atoms with Gasteiger partial charge >= 0.3 is 16.2 Å². The number of rotatable bonds is 27. The van der Waals surface area contributed by atoms with Gasteiger partial charge in [-0.2, -0.15) is 12.7 Å². The number of amides is 2. The minimum Gasteiger partial charge on any atom is -0.454 e. The van der Waals surface area contributed by atoms with Gasteiger partial charge in [0.25, 0.3) is 10.0 Å². The van der Waals surface area contributed by atoms with E-state index in [-0.39, 0.29) is 85.8 Å². The first kappa shape index (κ1) is 108. The summed E-state index contributed by atoms with van der Waals surface area (Å²) in [4.78, 5) is 13.0. The fourth-order valence-corrected chi connectivity index (χ4v) is 18.3. The first-order valence-electron chi connectivity index (χ1n) is 45.7. The van der Waals surface area contributed by atoms with E-state index >= 15 is 0 Å². The maximum atomic E-state index is 14.4. The van der Waals surface area contributed by atoms with Gasteiger partial charge in [0.05, 0.1) is 55.8 Å². The summed E-state index contributed by atoms with van der Waals surface area (Å²) in [5, 5.41) is 1.46. The topological polar surface area (TPSA) is 377 Å². The summed E-state index contributed by atoms with van der Waals surface area (Å²) < 4.78 is 278. The monoisotopic (exact) mass is 2150 g/mol. The van der Waals surface area contributed by atoms with Gasteiger partial charge in [-0.3, -0.25) is 23.6 Å². The second-order valence-electron chi connectivity index (χ2n) is 34.2. The van der Waals surface area contributed by atoms with E-state index in [0.29, 0.717) is 109 Å². The van der Waals surface area contributed by atoms with Gasteiger partial charge in [-0.15, -0.1) is 0 Å². The number of carbonyl (C=O) groups is 1. The normalized spacial score (nSPS) is 13.8. The maximum Gasteiger partial charge on any atom is 0.321 e. The van der Waals surface area contributed by atoms with E-state index in [2.05, 4.69) is 28.9 Å². The quantitative estimate of drug-likeness (QED) is 0.0206. The van der Waals surface area contributed by atoms with E-state index in [1.165, 1.54) is 118 Å². The number of sulfonamides is 4. The molecule has 780 valence electrons. The fourth-order valence-electron chi connectivity index (χ4n) is 13.9. The fraction of sp³-hybridized carbons (Fsp3) is 0.157. The largest absolute Gasteiger partial charge is 0.454 e. The van der Waals surface area contributed by atoms with Crippen LogP contribution in [0.25, 0.3) is 72.9 Å². The molecule has 0 aromatic heterocycles. The van der Waals surface area contributed by atoms with Crippen molar-refractivity contribution in [3.63, 3.8) is 0 Å². The number of fused-ring (bicyclic) bond motifs is 6. The van der Waals surface area contributed by atoms with E-state index in [4.69, 9.17) is 56.8 Å². The lowest BCUT2D eigenvalue weighted by Crippen LogP contribution is -2.29. The molecule has 20 rings (SSSR count). The molecule has 42 heteroatoms. The molecule has 150 heavy (non-hydrogen) atoms. The zero-order valence-electron chi connectivity index (χ0n) is 81.0. The highest BCUT2D eigenvalue weighted by Crippen LogP contribution is 2.41. The molecule has 1 saturated carbocycles. The summed E-state index contributed by atoms with van der Waals surface area (Å²) >= 11 is 0. The number of carbonyl (C=O) groups excluding carboxylic acids is 1. The molecular formula is C108H98F6N8O23S5. The molecule has 0 saturated heterocycles. The second-order valence-corrected chi connectivity index (χ2v) is 43.7. The average Bonchev–Trinajstić information content (AvgIpc) is 1.65. The van der Waals surface area contributed by atoms with Crippen LogP contribution in [0.3, 0.4) is 0 Å². The highest BCUT2D eigenvalue weighted by atomic mass is 32.2. The zero-order valence-corrected chi connectivity index (χ0v) is 85.1. The number of hydrogen-bond acceptors (Lipinski definition) is 23. The molecule has 0 atom stereocenters. The summed E-state index contributed by atoms with van der Waals surface area (Å²) in [6.07, 6.45) is 23.6. The molecule has 31 nitrogen and oxygen atoms in total. The number of benzene rings is 13. The van der Waals surface area contributed by atoms with Crippen LogP contribution < -0.4 is 85.8 Å². The van der Waals surface area contributed by atoms with Gasteiger partial charge in [-0.25, -0.2) is 64.8 Å². The van der Waals surface area contributed by atoms with E-state index < -0.39 is 95.7 Å². The summed E-state index contributed by atoms with van der Waals surface area (Å²) in [5.74, 6) is 4.60. The Hall–Kier alpha value is -16.5. The predicted octanol–water partition coefficient (Wildman–Crippen LogP) is 21.9. The Balaban J connectivity index is 0.000000135. The Bertz CT molecular complexity index is 7670. The molecule has 6 heterocycles. The van der Waals surface area contributed by atoms with Crippen molar-refractivity contribution in [2.45, 2.75) is 42.1 Å². The third-order valence-corrected chi connectivity index (χ3v) is 29.2. The Morgan fingerprint density at radius 3 is 0.773 bits per heavy atom. The highest BCUT2D eigenvalue weighted by molar-refractivity contribution is 7.94. The van der Waals surface area contributed by atoms with Crippen molar-refractivity contribution in [2.24, 2.45) is 0 Å². The summed E-state index contributed by atoms with van der Waals surface area (Å²) in [7, 11) is -12.2. The third-order valence-electron chi connectivity index (χ3n) is 22.2. The highest BCUT2D eigenvalue weighted by Gasteiger charge is 2.36. The van der Waals surface area contributed by atoms with Gasteiger partial charge in [0.1, 0.15) is 34.9 Å². The van der Waals surface area contributed by atoms with Crippen LogP contribution in [0.5, 0.6) is 69.0 Å².